The zero-order valence-electron chi connectivity index (χ0n) is 15.2. The molecule has 130 valence electrons. The molecule has 1 saturated carbocycles. The molecule has 1 nitrogen and oxygen atoms in total. The van der Waals surface area contributed by atoms with Gasteiger partial charge in [-0.05, 0) is 25.2 Å². The van der Waals surface area contributed by atoms with E-state index in [9.17, 15) is 0 Å². The van der Waals surface area contributed by atoms with Gasteiger partial charge in [0, 0.05) is 0 Å². The second-order valence-corrected chi connectivity index (χ2v) is 7.86. The Morgan fingerprint density at radius 2 is 1.23 bits per heavy atom. The molecule has 0 aromatic carbocycles. The molecule has 1 aliphatic carbocycles. The average Bonchev–Trinajstić information content (AvgIpc) is 3.32. The molecule has 0 aromatic heterocycles. The van der Waals surface area contributed by atoms with Crippen molar-refractivity contribution in [1.82, 2.24) is 0 Å². The van der Waals surface area contributed by atoms with E-state index in [2.05, 4.69) is 6.92 Å². The van der Waals surface area contributed by atoms with Gasteiger partial charge in [-0.1, -0.05) is 96.8 Å². The quantitative estimate of drug-likeness (QED) is 0.248. The third kappa shape index (κ3) is 7.49. The summed E-state index contributed by atoms with van der Waals surface area (Å²) in [4.78, 5) is 0. The monoisotopic (exact) mass is 308 g/mol. The van der Waals surface area contributed by atoms with E-state index < -0.39 is 0 Å². The molecular weight excluding hydrogens is 268 g/mol. The van der Waals surface area contributed by atoms with Crippen molar-refractivity contribution in [1.29, 1.82) is 0 Å². The van der Waals surface area contributed by atoms with Crippen LogP contribution >= 0.6 is 0 Å². The molecule has 0 bridgehead atoms. The van der Waals surface area contributed by atoms with Crippen molar-refractivity contribution in [3.8, 4) is 0 Å². The van der Waals surface area contributed by atoms with E-state index in [1.807, 2.05) is 0 Å². The highest BCUT2D eigenvalue weighted by Gasteiger charge is 2.46. The maximum atomic E-state index is 5.75. The second kappa shape index (κ2) is 11.5. The largest absolute Gasteiger partial charge is 0.369 e. The van der Waals surface area contributed by atoms with Crippen molar-refractivity contribution < 1.29 is 4.74 Å². The predicted octanol–water partition coefficient (Wildman–Crippen LogP) is 7.04. The maximum absolute atomic E-state index is 5.75. The molecule has 0 radical (unpaired) electrons. The Hall–Kier alpha value is -0.0400. The summed E-state index contributed by atoms with van der Waals surface area (Å²) in [6.45, 7) is 2.30. The number of epoxide rings is 1. The molecule has 1 heteroatoms. The van der Waals surface area contributed by atoms with Crippen LogP contribution in [0.2, 0.25) is 0 Å². The molecule has 1 saturated heterocycles. The molecule has 1 heterocycles. The summed E-state index contributed by atoms with van der Waals surface area (Å²) >= 11 is 0. The van der Waals surface area contributed by atoms with Gasteiger partial charge in [-0.2, -0.15) is 0 Å². The molecule has 1 aliphatic heterocycles. The number of hydrogen-bond acceptors (Lipinski definition) is 1. The molecule has 0 amide bonds. The molecule has 2 rings (SSSR count). The van der Waals surface area contributed by atoms with E-state index in [-0.39, 0.29) is 0 Å². The lowest BCUT2D eigenvalue weighted by Crippen LogP contribution is -2.15. The van der Waals surface area contributed by atoms with Crippen molar-refractivity contribution >= 4 is 0 Å². The number of ether oxygens (including phenoxy) is 1. The topological polar surface area (TPSA) is 12.5 Å². The molecule has 3 unspecified atom stereocenters. The van der Waals surface area contributed by atoms with Gasteiger partial charge < -0.3 is 4.74 Å². The van der Waals surface area contributed by atoms with Gasteiger partial charge in [0.2, 0.25) is 0 Å². The normalized spacial score (nSPS) is 26.9. The van der Waals surface area contributed by atoms with Crippen LogP contribution in [0.15, 0.2) is 0 Å². The molecule has 3 atom stereocenters. The lowest BCUT2D eigenvalue weighted by Gasteiger charge is -2.17. The lowest BCUT2D eigenvalue weighted by atomic mass is 9.85. The summed E-state index contributed by atoms with van der Waals surface area (Å²) in [6.07, 6.45) is 26.0. The zero-order valence-corrected chi connectivity index (χ0v) is 15.2. The van der Waals surface area contributed by atoms with Crippen LogP contribution in [-0.4, -0.2) is 12.2 Å². The summed E-state index contributed by atoms with van der Waals surface area (Å²) in [7, 11) is 0. The number of fused-ring (bicyclic) bond motifs is 1. The van der Waals surface area contributed by atoms with Crippen molar-refractivity contribution in [2.45, 2.75) is 128 Å². The first-order valence-electron chi connectivity index (χ1n) is 10.6. The van der Waals surface area contributed by atoms with Crippen LogP contribution in [-0.2, 0) is 4.74 Å². The Balaban J connectivity index is 1.26. The Morgan fingerprint density at radius 3 is 1.82 bits per heavy atom. The molecule has 22 heavy (non-hydrogen) atoms. The van der Waals surface area contributed by atoms with Crippen molar-refractivity contribution in [2.75, 3.05) is 0 Å². The summed E-state index contributed by atoms with van der Waals surface area (Å²) < 4.78 is 5.75. The fourth-order valence-corrected chi connectivity index (χ4v) is 4.28. The highest BCUT2D eigenvalue weighted by molar-refractivity contribution is 4.94. The van der Waals surface area contributed by atoms with Crippen LogP contribution in [0, 0.1) is 5.92 Å². The minimum absolute atomic E-state index is 0.681. The highest BCUT2D eigenvalue weighted by Crippen LogP contribution is 2.42. The third-order valence-electron chi connectivity index (χ3n) is 5.83. The smallest absolute Gasteiger partial charge is 0.0869 e. The first-order valence-corrected chi connectivity index (χ1v) is 10.6. The minimum Gasteiger partial charge on any atom is -0.369 e. The fourth-order valence-electron chi connectivity index (χ4n) is 4.28. The van der Waals surface area contributed by atoms with E-state index in [1.165, 1.54) is 109 Å². The zero-order chi connectivity index (χ0) is 15.5. The summed E-state index contributed by atoms with van der Waals surface area (Å²) in [6, 6.07) is 0. The van der Waals surface area contributed by atoms with E-state index in [4.69, 9.17) is 4.74 Å². The van der Waals surface area contributed by atoms with Gasteiger partial charge in [0.25, 0.3) is 0 Å². The summed E-state index contributed by atoms with van der Waals surface area (Å²) in [5.74, 6) is 0.923. The van der Waals surface area contributed by atoms with E-state index >= 15 is 0 Å². The SMILES string of the molecule is CCCCCCCCCCCCCCCC1CCCC2OC12. The lowest BCUT2D eigenvalue weighted by molar-refractivity contribution is 0.301. The van der Waals surface area contributed by atoms with E-state index in [0.717, 1.165) is 5.92 Å². The number of hydrogen-bond donors (Lipinski definition) is 0. The van der Waals surface area contributed by atoms with Gasteiger partial charge in [-0.25, -0.2) is 0 Å². The predicted molar refractivity (Wildman–Crippen MR) is 96.3 cm³/mol. The first kappa shape index (κ1) is 18.3. The van der Waals surface area contributed by atoms with E-state index in [0.29, 0.717) is 12.2 Å². The van der Waals surface area contributed by atoms with Gasteiger partial charge in [0.1, 0.15) is 0 Å². The molecule has 0 aromatic rings. The Bertz CT molecular complexity index is 263. The molecule has 2 fully saturated rings. The van der Waals surface area contributed by atoms with Crippen LogP contribution in [0.1, 0.15) is 116 Å². The molecule has 0 N–H and O–H groups in total. The standard InChI is InChI=1S/C21H40O/c1-2-3-4-5-6-7-8-9-10-11-12-13-14-16-19-17-15-18-20-21(19)22-20/h19-21H,2-18H2,1H3. The Kier molecular flexibility index (Phi) is 9.56. The fraction of sp³-hybridized carbons (Fsp3) is 1.00. The Morgan fingerprint density at radius 1 is 0.682 bits per heavy atom. The van der Waals surface area contributed by atoms with Crippen LogP contribution in [0.5, 0.6) is 0 Å². The van der Waals surface area contributed by atoms with Gasteiger partial charge >= 0.3 is 0 Å². The Labute approximate surface area is 139 Å². The summed E-state index contributed by atoms with van der Waals surface area (Å²) in [5.41, 5.74) is 0. The van der Waals surface area contributed by atoms with Crippen LogP contribution in [0.3, 0.4) is 0 Å². The van der Waals surface area contributed by atoms with Gasteiger partial charge in [0.05, 0.1) is 12.2 Å². The third-order valence-corrected chi connectivity index (χ3v) is 5.83. The maximum Gasteiger partial charge on any atom is 0.0869 e. The van der Waals surface area contributed by atoms with Crippen molar-refractivity contribution in [2.24, 2.45) is 5.92 Å². The number of unbranched alkanes of at least 4 members (excludes halogenated alkanes) is 12. The highest BCUT2D eigenvalue weighted by atomic mass is 16.6. The van der Waals surface area contributed by atoms with Gasteiger partial charge in [-0.15, -0.1) is 0 Å². The second-order valence-electron chi connectivity index (χ2n) is 7.86. The van der Waals surface area contributed by atoms with Crippen LogP contribution in [0.4, 0.5) is 0 Å². The average molecular weight is 309 g/mol. The van der Waals surface area contributed by atoms with Crippen LogP contribution < -0.4 is 0 Å². The first-order chi connectivity index (χ1) is 10.9. The molecular formula is C21H40O. The summed E-state index contributed by atoms with van der Waals surface area (Å²) in [5, 5.41) is 0. The van der Waals surface area contributed by atoms with Crippen LogP contribution in [0.25, 0.3) is 0 Å². The van der Waals surface area contributed by atoms with Crippen molar-refractivity contribution in [3.63, 3.8) is 0 Å². The molecule has 0 spiro atoms. The van der Waals surface area contributed by atoms with Gasteiger partial charge in [0.15, 0.2) is 0 Å². The van der Waals surface area contributed by atoms with E-state index in [1.54, 1.807) is 0 Å². The van der Waals surface area contributed by atoms with Gasteiger partial charge in [-0.3, -0.25) is 0 Å². The number of rotatable bonds is 14. The van der Waals surface area contributed by atoms with Crippen molar-refractivity contribution in [3.05, 3.63) is 0 Å². The minimum atomic E-state index is 0.681. The molecule has 2 aliphatic rings.